The lowest BCUT2D eigenvalue weighted by Gasteiger charge is -2.10. The number of hydrogen-bond donors (Lipinski definition) is 2. The number of benzene rings is 2. The molecule has 20 heavy (non-hydrogen) atoms. The van der Waals surface area contributed by atoms with Crippen molar-refractivity contribution >= 4 is 23.3 Å². The molecule has 0 spiro atoms. The fraction of sp³-hybridized carbons (Fsp3) is 0.0714. The first kappa shape index (κ1) is 14.1. The van der Waals surface area contributed by atoms with Crippen LogP contribution in [0.1, 0.15) is 15.9 Å². The molecule has 0 saturated heterocycles. The molecule has 0 bridgehead atoms. The van der Waals surface area contributed by atoms with Gasteiger partial charge < -0.3 is 15.6 Å². The Balaban J connectivity index is 2.21. The number of ether oxygens (including phenoxy) is 1. The second-order valence-electron chi connectivity index (χ2n) is 4.09. The number of hydrogen-bond acceptors (Lipinski definition) is 3. The minimum absolute atomic E-state index is 0.0699. The summed E-state index contributed by atoms with van der Waals surface area (Å²) < 4.78 is 18.9. The predicted octanol–water partition coefficient (Wildman–Crippen LogP) is 3.34. The predicted molar refractivity (Wildman–Crippen MR) is 73.6 cm³/mol. The highest BCUT2D eigenvalue weighted by atomic mass is 35.5. The van der Waals surface area contributed by atoms with Gasteiger partial charge in [0.25, 0.3) is 0 Å². The molecule has 6 heteroatoms. The molecule has 0 fully saturated rings. The van der Waals surface area contributed by atoms with Gasteiger partial charge in [-0.25, -0.2) is 9.18 Å². The van der Waals surface area contributed by atoms with Crippen LogP contribution in [0.2, 0.25) is 5.02 Å². The van der Waals surface area contributed by atoms with Crippen molar-refractivity contribution in [2.24, 2.45) is 0 Å². The monoisotopic (exact) mass is 295 g/mol. The van der Waals surface area contributed by atoms with Crippen LogP contribution in [0.25, 0.3) is 0 Å². The molecular weight excluding hydrogens is 285 g/mol. The van der Waals surface area contributed by atoms with Gasteiger partial charge in [-0.15, -0.1) is 0 Å². The molecule has 0 aliphatic carbocycles. The van der Waals surface area contributed by atoms with Crippen molar-refractivity contribution in [2.75, 3.05) is 5.73 Å². The fourth-order valence-electron chi connectivity index (χ4n) is 1.65. The molecule has 0 unspecified atom stereocenters. The van der Waals surface area contributed by atoms with Crippen LogP contribution in [-0.2, 0) is 6.61 Å². The van der Waals surface area contributed by atoms with Crippen molar-refractivity contribution in [3.8, 4) is 5.75 Å². The van der Waals surface area contributed by atoms with E-state index < -0.39 is 11.8 Å². The molecule has 0 aliphatic rings. The Kier molecular flexibility index (Phi) is 4.10. The number of anilines is 1. The van der Waals surface area contributed by atoms with Crippen LogP contribution >= 0.6 is 11.6 Å². The molecule has 0 atom stereocenters. The third-order valence-electron chi connectivity index (χ3n) is 2.62. The summed E-state index contributed by atoms with van der Waals surface area (Å²) >= 11 is 5.82. The van der Waals surface area contributed by atoms with Crippen molar-refractivity contribution in [1.29, 1.82) is 0 Å². The topological polar surface area (TPSA) is 72.5 Å². The van der Waals surface area contributed by atoms with E-state index in [4.69, 9.17) is 27.2 Å². The fourth-order valence-corrected chi connectivity index (χ4v) is 1.87. The first-order valence-electron chi connectivity index (χ1n) is 5.67. The molecule has 0 amide bonds. The van der Waals surface area contributed by atoms with Crippen molar-refractivity contribution in [3.05, 3.63) is 58.4 Å². The summed E-state index contributed by atoms with van der Waals surface area (Å²) in [4.78, 5) is 10.9. The molecule has 2 aromatic rings. The molecule has 104 valence electrons. The number of carboxylic acid groups (broad SMARTS) is 1. The van der Waals surface area contributed by atoms with E-state index in [1.807, 2.05) is 0 Å². The molecule has 2 rings (SSSR count). The van der Waals surface area contributed by atoms with E-state index >= 15 is 0 Å². The Morgan fingerprint density at radius 1 is 1.35 bits per heavy atom. The Hall–Kier alpha value is -2.27. The number of rotatable bonds is 4. The average Bonchev–Trinajstić information content (AvgIpc) is 2.37. The van der Waals surface area contributed by atoms with Gasteiger partial charge in [0.2, 0.25) is 0 Å². The van der Waals surface area contributed by atoms with Crippen LogP contribution < -0.4 is 10.5 Å². The van der Waals surface area contributed by atoms with E-state index in [2.05, 4.69) is 0 Å². The maximum absolute atomic E-state index is 13.7. The highest BCUT2D eigenvalue weighted by Gasteiger charge is 2.14. The Morgan fingerprint density at radius 2 is 2.10 bits per heavy atom. The second kappa shape index (κ2) is 5.79. The third-order valence-corrected chi connectivity index (χ3v) is 2.85. The minimum Gasteiger partial charge on any atom is -0.486 e. The second-order valence-corrected chi connectivity index (χ2v) is 4.53. The van der Waals surface area contributed by atoms with Gasteiger partial charge in [-0.1, -0.05) is 23.7 Å². The van der Waals surface area contributed by atoms with Crippen LogP contribution in [0.4, 0.5) is 10.1 Å². The van der Waals surface area contributed by atoms with E-state index in [-0.39, 0.29) is 23.6 Å². The van der Waals surface area contributed by atoms with Gasteiger partial charge in [0.15, 0.2) is 11.6 Å². The normalized spacial score (nSPS) is 10.3. The van der Waals surface area contributed by atoms with Crippen LogP contribution in [0.5, 0.6) is 5.75 Å². The zero-order valence-corrected chi connectivity index (χ0v) is 11.0. The first-order valence-corrected chi connectivity index (χ1v) is 6.04. The zero-order chi connectivity index (χ0) is 14.7. The molecule has 3 N–H and O–H groups in total. The lowest BCUT2D eigenvalue weighted by atomic mass is 10.1. The molecule has 0 aliphatic heterocycles. The van der Waals surface area contributed by atoms with E-state index in [9.17, 15) is 9.18 Å². The molecule has 2 aromatic carbocycles. The summed E-state index contributed by atoms with van der Waals surface area (Å²) in [5.41, 5.74) is 5.82. The number of halogens is 2. The minimum atomic E-state index is -1.24. The summed E-state index contributed by atoms with van der Waals surface area (Å²) in [6, 6.07) is 8.88. The zero-order valence-electron chi connectivity index (χ0n) is 10.3. The summed E-state index contributed by atoms with van der Waals surface area (Å²) in [6.45, 7) is 0.0699. The van der Waals surface area contributed by atoms with Crippen molar-refractivity contribution < 1.29 is 19.0 Å². The van der Waals surface area contributed by atoms with Crippen molar-refractivity contribution in [3.63, 3.8) is 0 Å². The highest BCUT2D eigenvalue weighted by molar-refractivity contribution is 6.30. The number of carbonyl (C=O) groups is 1. The maximum atomic E-state index is 13.7. The molecular formula is C14H11ClFNO3. The lowest BCUT2D eigenvalue weighted by molar-refractivity contribution is 0.0697. The van der Waals surface area contributed by atoms with E-state index in [0.29, 0.717) is 5.02 Å². The quantitative estimate of drug-likeness (QED) is 0.849. The number of carboxylic acids is 1. The number of nitrogen functional groups attached to an aromatic ring is 1. The van der Waals surface area contributed by atoms with Crippen LogP contribution in [-0.4, -0.2) is 11.1 Å². The summed E-state index contributed by atoms with van der Waals surface area (Å²) in [7, 11) is 0. The van der Waals surface area contributed by atoms with Gasteiger partial charge in [-0.3, -0.25) is 0 Å². The van der Waals surface area contributed by atoms with E-state index in [1.165, 1.54) is 0 Å². The van der Waals surface area contributed by atoms with Crippen molar-refractivity contribution in [1.82, 2.24) is 0 Å². The van der Waals surface area contributed by atoms with Crippen LogP contribution in [0.3, 0.4) is 0 Å². The summed E-state index contributed by atoms with van der Waals surface area (Å²) in [5, 5.41) is 9.46. The summed E-state index contributed by atoms with van der Waals surface area (Å²) in [6.07, 6.45) is 0. The number of nitrogens with two attached hydrogens (primary N) is 1. The molecule has 0 aromatic heterocycles. The van der Waals surface area contributed by atoms with E-state index in [0.717, 1.165) is 17.7 Å². The smallest absolute Gasteiger partial charge is 0.337 e. The van der Waals surface area contributed by atoms with Gasteiger partial charge in [0.1, 0.15) is 6.61 Å². The number of aromatic carboxylic acids is 1. The average molecular weight is 296 g/mol. The Labute approximate surface area is 119 Å². The largest absolute Gasteiger partial charge is 0.486 e. The van der Waals surface area contributed by atoms with Gasteiger partial charge in [0, 0.05) is 16.8 Å². The van der Waals surface area contributed by atoms with Gasteiger partial charge in [-0.05, 0) is 23.8 Å². The highest BCUT2D eigenvalue weighted by Crippen LogP contribution is 2.25. The first-order chi connectivity index (χ1) is 9.47. The van der Waals surface area contributed by atoms with E-state index in [1.54, 1.807) is 24.3 Å². The Morgan fingerprint density at radius 3 is 2.75 bits per heavy atom. The molecule has 0 radical (unpaired) electrons. The Bertz CT molecular complexity index is 661. The van der Waals surface area contributed by atoms with Crippen LogP contribution in [0.15, 0.2) is 36.4 Å². The molecule has 4 nitrogen and oxygen atoms in total. The van der Waals surface area contributed by atoms with Crippen molar-refractivity contribution in [2.45, 2.75) is 6.61 Å². The molecule has 0 heterocycles. The van der Waals surface area contributed by atoms with Crippen LogP contribution in [0, 0.1) is 5.82 Å². The molecule has 0 saturated carbocycles. The SMILES string of the molecule is Nc1cc(F)c(OCc2cccc(Cl)c2)cc1C(=O)O. The van der Waals surface area contributed by atoms with Gasteiger partial charge >= 0.3 is 5.97 Å². The lowest BCUT2D eigenvalue weighted by Crippen LogP contribution is -2.05. The summed E-state index contributed by atoms with van der Waals surface area (Å²) in [5.74, 6) is -2.12. The standard InChI is InChI=1S/C14H11ClFNO3/c15-9-3-1-2-8(4-9)7-20-13-5-10(14(18)19)12(17)6-11(13)16/h1-6H,7,17H2,(H,18,19). The van der Waals surface area contributed by atoms with Gasteiger partial charge in [0.05, 0.1) is 5.56 Å². The maximum Gasteiger partial charge on any atom is 0.337 e. The van der Waals surface area contributed by atoms with Gasteiger partial charge in [-0.2, -0.15) is 0 Å². The third kappa shape index (κ3) is 3.19.